The van der Waals surface area contributed by atoms with Gasteiger partial charge in [0.2, 0.25) is 0 Å². The number of unbranched alkanes of at least 4 members (excludes halogenated alkanes) is 10. The molecule has 0 N–H and O–H groups in total. The van der Waals surface area contributed by atoms with Crippen molar-refractivity contribution < 1.29 is 38.1 Å². The highest BCUT2D eigenvalue weighted by molar-refractivity contribution is 6.09. The van der Waals surface area contributed by atoms with Gasteiger partial charge in [0, 0.05) is 0 Å². The first kappa shape index (κ1) is 44.5. The largest absolute Gasteiger partial charge is 0.462 e. The van der Waals surface area contributed by atoms with E-state index in [1.165, 1.54) is 6.07 Å². The van der Waals surface area contributed by atoms with Gasteiger partial charge in [0.25, 0.3) is 0 Å². The molecule has 2 unspecified atom stereocenters. The van der Waals surface area contributed by atoms with E-state index in [4.69, 9.17) is 18.9 Å². The van der Waals surface area contributed by atoms with Gasteiger partial charge in [-0.2, -0.15) is 0 Å². The van der Waals surface area contributed by atoms with Crippen LogP contribution < -0.4 is 0 Å². The number of hydrogen-bond acceptors (Lipinski definition) is 8. The molecule has 0 aromatic heterocycles. The van der Waals surface area contributed by atoms with Crippen LogP contribution in [0.2, 0.25) is 0 Å². The monoisotopic (exact) mass is 722 g/mol. The van der Waals surface area contributed by atoms with Crippen LogP contribution in [0.25, 0.3) is 11.1 Å². The second kappa shape index (κ2) is 26.1. The molecule has 2 rings (SSSR count). The highest BCUT2D eigenvalue weighted by Crippen LogP contribution is 2.31. The number of carbonyl (C=O) groups is 4. The van der Waals surface area contributed by atoms with Crippen molar-refractivity contribution in [3.05, 3.63) is 58.7 Å². The van der Waals surface area contributed by atoms with E-state index < -0.39 is 23.9 Å². The highest BCUT2D eigenvalue weighted by Gasteiger charge is 2.27. The van der Waals surface area contributed by atoms with Crippen LogP contribution in [-0.2, 0) is 18.9 Å². The smallest absolute Gasteiger partial charge is 0.339 e. The minimum Gasteiger partial charge on any atom is -0.462 e. The Morgan fingerprint density at radius 2 is 0.981 bits per heavy atom. The maximum absolute atomic E-state index is 13.8. The van der Waals surface area contributed by atoms with Crippen molar-refractivity contribution in [2.45, 2.75) is 144 Å². The summed E-state index contributed by atoms with van der Waals surface area (Å²) in [6.07, 6.45) is 15.9. The summed E-state index contributed by atoms with van der Waals surface area (Å²) in [5.74, 6) is -2.15. The minimum absolute atomic E-state index is 0.0465. The van der Waals surface area contributed by atoms with Crippen LogP contribution in [0.1, 0.15) is 186 Å². The van der Waals surface area contributed by atoms with Crippen LogP contribution >= 0.6 is 0 Å². The molecule has 0 spiro atoms. The number of esters is 4. The summed E-state index contributed by atoms with van der Waals surface area (Å²) < 4.78 is 22.8. The molecular weight excluding hydrogens is 656 g/mol. The Balaban J connectivity index is 2.51. The van der Waals surface area contributed by atoms with Gasteiger partial charge in [-0.05, 0) is 66.8 Å². The van der Waals surface area contributed by atoms with E-state index in [9.17, 15) is 19.2 Å². The van der Waals surface area contributed by atoms with Crippen molar-refractivity contribution in [2.75, 3.05) is 26.4 Å². The Morgan fingerprint density at radius 1 is 0.500 bits per heavy atom. The van der Waals surface area contributed by atoms with E-state index in [1.807, 2.05) is 13.8 Å². The lowest BCUT2D eigenvalue weighted by Gasteiger charge is -2.17. The SMILES string of the molecule is CCCCCCCOC(=O)c1cc(-c2cccc(C(=O)OCC(C)CCCC)c2C(=O)OCCCCCCC)ccc1C(=O)OCC(C)CCCC. The van der Waals surface area contributed by atoms with E-state index in [0.29, 0.717) is 17.5 Å². The normalized spacial score (nSPS) is 12.2. The molecule has 0 fully saturated rings. The van der Waals surface area contributed by atoms with Crippen molar-refractivity contribution in [3.63, 3.8) is 0 Å². The summed E-state index contributed by atoms with van der Waals surface area (Å²) in [6, 6.07) is 9.72. The molecule has 290 valence electrons. The molecule has 8 nitrogen and oxygen atoms in total. The molecule has 0 radical (unpaired) electrons. The van der Waals surface area contributed by atoms with Gasteiger partial charge in [-0.1, -0.05) is 137 Å². The molecular formula is C44H66O8. The van der Waals surface area contributed by atoms with Crippen LogP contribution in [0.15, 0.2) is 36.4 Å². The maximum Gasteiger partial charge on any atom is 0.339 e. The molecule has 2 atom stereocenters. The zero-order chi connectivity index (χ0) is 38.1. The van der Waals surface area contributed by atoms with E-state index in [0.717, 1.165) is 96.3 Å². The van der Waals surface area contributed by atoms with Gasteiger partial charge in [0.1, 0.15) is 0 Å². The van der Waals surface area contributed by atoms with Crippen molar-refractivity contribution >= 4 is 23.9 Å². The number of carbonyl (C=O) groups excluding carboxylic acids is 4. The summed E-state index contributed by atoms with van der Waals surface area (Å²) in [4.78, 5) is 54.3. The fraction of sp³-hybridized carbons (Fsp3) is 0.636. The zero-order valence-electron chi connectivity index (χ0n) is 33.0. The lowest BCUT2D eigenvalue weighted by atomic mass is 9.92. The molecule has 2 aromatic carbocycles. The van der Waals surface area contributed by atoms with Gasteiger partial charge in [-0.25, -0.2) is 19.2 Å². The summed E-state index contributed by atoms with van der Waals surface area (Å²) in [5, 5.41) is 0. The number of benzene rings is 2. The van der Waals surface area contributed by atoms with Crippen molar-refractivity contribution in [1.82, 2.24) is 0 Å². The van der Waals surface area contributed by atoms with Gasteiger partial charge in [-0.3, -0.25) is 0 Å². The second-order valence-electron chi connectivity index (χ2n) is 14.3. The second-order valence-corrected chi connectivity index (χ2v) is 14.3. The number of ether oxygens (including phenoxy) is 4. The Labute approximate surface area is 313 Å². The lowest BCUT2D eigenvalue weighted by Crippen LogP contribution is -2.19. The molecule has 0 heterocycles. The first-order valence-electron chi connectivity index (χ1n) is 20.1. The van der Waals surface area contributed by atoms with Crippen LogP contribution in [0.3, 0.4) is 0 Å². The average molecular weight is 723 g/mol. The molecule has 0 aliphatic rings. The third-order valence-corrected chi connectivity index (χ3v) is 9.32. The standard InChI is InChI=1S/C44H66O8/c1-7-11-15-17-19-28-49-43(47)39-30-35(26-27-37(39)41(45)51-31-33(5)22-13-9-3)36-24-21-25-38(42(46)52-32-34(6)23-14-10-4)40(36)44(48)50-29-20-18-16-12-8-2/h21,24-27,30,33-34H,7-20,22-23,28-29,31-32H2,1-6H3. The molecule has 8 heteroatoms. The number of hydrogen-bond donors (Lipinski definition) is 0. The first-order chi connectivity index (χ1) is 25.2. The van der Waals surface area contributed by atoms with Gasteiger partial charge >= 0.3 is 23.9 Å². The molecule has 52 heavy (non-hydrogen) atoms. The summed E-state index contributed by atoms with van der Waals surface area (Å²) in [7, 11) is 0. The zero-order valence-corrected chi connectivity index (χ0v) is 33.0. The van der Waals surface area contributed by atoms with E-state index in [-0.39, 0.29) is 60.5 Å². The van der Waals surface area contributed by atoms with Gasteiger partial charge in [0.15, 0.2) is 0 Å². The molecule has 0 saturated carbocycles. The number of rotatable bonds is 27. The molecule has 0 amide bonds. The third-order valence-electron chi connectivity index (χ3n) is 9.32. The summed E-state index contributed by atoms with van der Waals surface area (Å²) in [6.45, 7) is 13.5. The van der Waals surface area contributed by atoms with Crippen molar-refractivity contribution in [3.8, 4) is 11.1 Å². The minimum atomic E-state index is -0.642. The fourth-order valence-electron chi connectivity index (χ4n) is 6.00. The summed E-state index contributed by atoms with van der Waals surface area (Å²) >= 11 is 0. The third kappa shape index (κ3) is 15.9. The molecule has 0 bridgehead atoms. The topological polar surface area (TPSA) is 105 Å². The van der Waals surface area contributed by atoms with Crippen molar-refractivity contribution in [1.29, 1.82) is 0 Å². The van der Waals surface area contributed by atoms with Crippen LogP contribution in [-0.4, -0.2) is 50.3 Å². The molecule has 0 aliphatic carbocycles. The fourth-order valence-corrected chi connectivity index (χ4v) is 6.00. The average Bonchev–Trinajstić information content (AvgIpc) is 3.16. The van der Waals surface area contributed by atoms with Crippen LogP contribution in [0.4, 0.5) is 0 Å². The van der Waals surface area contributed by atoms with Crippen molar-refractivity contribution in [2.24, 2.45) is 11.8 Å². The Hall–Kier alpha value is -3.68. The van der Waals surface area contributed by atoms with E-state index >= 15 is 0 Å². The predicted molar refractivity (Wildman–Crippen MR) is 208 cm³/mol. The Morgan fingerprint density at radius 3 is 1.52 bits per heavy atom. The van der Waals surface area contributed by atoms with Gasteiger partial charge in [0.05, 0.1) is 48.7 Å². The first-order valence-corrected chi connectivity index (χ1v) is 20.1. The van der Waals surface area contributed by atoms with Gasteiger partial charge in [-0.15, -0.1) is 0 Å². The van der Waals surface area contributed by atoms with E-state index in [2.05, 4.69) is 27.7 Å². The lowest BCUT2D eigenvalue weighted by molar-refractivity contribution is 0.0415. The quantitative estimate of drug-likeness (QED) is 0.0510. The molecule has 2 aromatic rings. The highest BCUT2D eigenvalue weighted by atomic mass is 16.5. The predicted octanol–water partition coefficient (Wildman–Crippen LogP) is 11.6. The molecule has 0 aliphatic heterocycles. The Kier molecular flexibility index (Phi) is 22.4. The van der Waals surface area contributed by atoms with Crippen LogP contribution in [0.5, 0.6) is 0 Å². The maximum atomic E-state index is 13.8. The van der Waals surface area contributed by atoms with E-state index in [1.54, 1.807) is 30.3 Å². The van der Waals surface area contributed by atoms with Gasteiger partial charge < -0.3 is 18.9 Å². The summed E-state index contributed by atoms with van der Waals surface area (Å²) in [5.41, 5.74) is 1.16. The van der Waals surface area contributed by atoms with Crippen LogP contribution in [0, 0.1) is 11.8 Å². The molecule has 0 saturated heterocycles. The Bertz CT molecular complexity index is 1370.